The fourth-order valence-electron chi connectivity index (χ4n) is 0.298. The number of carboxylic acids is 1. The predicted octanol–water partition coefficient (Wildman–Crippen LogP) is -0.0819. The van der Waals surface area contributed by atoms with E-state index in [0.29, 0.717) is 0 Å². The van der Waals surface area contributed by atoms with Gasteiger partial charge in [-0.05, 0) is 40.2 Å². The molecule has 0 bridgehead atoms. The van der Waals surface area contributed by atoms with Crippen molar-refractivity contribution < 1.29 is 14.7 Å². The van der Waals surface area contributed by atoms with Gasteiger partial charge in [-0.3, -0.25) is 4.79 Å². The van der Waals surface area contributed by atoms with E-state index in [0.717, 1.165) is 0 Å². The standard InChI is InChI=1S/C8HN3O3/c9-11-10-7(12)5-3-1-2-4-6-8(13)14/h(H,13,14). The number of amides is 1. The SMILES string of the molecule is [N-]=[N+]=NC(=O)C#CC#CC#CC(=O)O. The Morgan fingerprint density at radius 2 is 1.71 bits per heavy atom. The van der Waals surface area contributed by atoms with Crippen LogP contribution in [0.25, 0.3) is 10.4 Å². The molecule has 0 saturated carbocycles. The molecular weight excluding hydrogens is 186 g/mol. The summed E-state index contributed by atoms with van der Waals surface area (Å²) in [5.41, 5.74) is 7.78. The van der Waals surface area contributed by atoms with Gasteiger partial charge in [0.1, 0.15) is 0 Å². The van der Waals surface area contributed by atoms with E-state index in [4.69, 9.17) is 10.6 Å². The molecule has 1 amide bonds. The molecule has 6 heteroatoms. The molecule has 0 radical (unpaired) electrons. The highest BCUT2D eigenvalue weighted by atomic mass is 16.4. The summed E-state index contributed by atoms with van der Waals surface area (Å²) in [7, 11) is 0. The first-order chi connectivity index (χ1) is 6.66. The summed E-state index contributed by atoms with van der Waals surface area (Å²) in [6.45, 7) is 0. The van der Waals surface area contributed by atoms with Crippen molar-refractivity contribution in [3.05, 3.63) is 10.4 Å². The van der Waals surface area contributed by atoms with Gasteiger partial charge in [0, 0.05) is 10.8 Å². The van der Waals surface area contributed by atoms with E-state index in [9.17, 15) is 9.59 Å². The van der Waals surface area contributed by atoms with Crippen LogP contribution in [0.15, 0.2) is 5.11 Å². The highest BCUT2D eigenvalue weighted by Crippen LogP contribution is 1.70. The van der Waals surface area contributed by atoms with Crippen molar-refractivity contribution in [2.45, 2.75) is 0 Å². The predicted molar refractivity (Wildman–Crippen MR) is 45.1 cm³/mol. The van der Waals surface area contributed by atoms with Gasteiger partial charge < -0.3 is 5.11 Å². The van der Waals surface area contributed by atoms with E-state index in [2.05, 4.69) is 21.9 Å². The molecule has 0 heterocycles. The molecule has 0 aliphatic heterocycles. The highest BCUT2D eigenvalue weighted by Gasteiger charge is 1.84. The van der Waals surface area contributed by atoms with Gasteiger partial charge in [0.15, 0.2) is 0 Å². The number of hydrogen-bond donors (Lipinski definition) is 1. The van der Waals surface area contributed by atoms with Gasteiger partial charge in [-0.25, -0.2) is 4.79 Å². The van der Waals surface area contributed by atoms with E-state index in [1.54, 1.807) is 5.92 Å². The maximum Gasteiger partial charge on any atom is 0.382 e. The first-order valence-corrected chi connectivity index (χ1v) is 3.01. The monoisotopic (exact) mass is 187 g/mol. The van der Waals surface area contributed by atoms with Gasteiger partial charge >= 0.3 is 5.97 Å². The second-order valence-electron chi connectivity index (χ2n) is 1.55. The average molecular weight is 187 g/mol. The van der Waals surface area contributed by atoms with Gasteiger partial charge in [0.2, 0.25) is 0 Å². The lowest BCUT2D eigenvalue weighted by Gasteiger charge is -1.66. The zero-order valence-electron chi connectivity index (χ0n) is 6.61. The van der Waals surface area contributed by atoms with E-state index < -0.39 is 11.9 Å². The number of carbonyl (C=O) groups excluding carboxylic acids is 1. The molecule has 0 rings (SSSR count). The van der Waals surface area contributed by atoms with Crippen LogP contribution in [0, 0.1) is 35.5 Å². The largest absolute Gasteiger partial charge is 0.472 e. The molecule has 0 saturated heterocycles. The summed E-state index contributed by atoms with van der Waals surface area (Å²) in [4.78, 5) is 22.4. The minimum atomic E-state index is -1.31. The van der Waals surface area contributed by atoms with Crippen LogP contribution < -0.4 is 0 Å². The Bertz CT molecular complexity index is 481. The molecule has 0 aliphatic carbocycles. The Labute approximate surface area is 78.5 Å². The molecule has 0 atom stereocenters. The summed E-state index contributed by atoms with van der Waals surface area (Å²) < 4.78 is 0. The van der Waals surface area contributed by atoms with Crippen LogP contribution in [0.4, 0.5) is 0 Å². The highest BCUT2D eigenvalue weighted by molar-refractivity contribution is 5.94. The third kappa shape index (κ3) is 7.24. The minimum absolute atomic E-state index is 0.965. The van der Waals surface area contributed by atoms with E-state index in [1.807, 2.05) is 17.8 Å². The van der Waals surface area contributed by atoms with Crippen LogP contribution in [0.5, 0.6) is 0 Å². The number of hydrogen-bond acceptors (Lipinski definition) is 2. The summed E-state index contributed by atoms with van der Waals surface area (Å²) in [5, 5.41) is 10.7. The van der Waals surface area contributed by atoms with Gasteiger partial charge in [0.05, 0.1) is 0 Å². The van der Waals surface area contributed by atoms with Gasteiger partial charge in [-0.1, -0.05) is 0 Å². The Hall–Kier alpha value is -2.87. The maximum atomic E-state index is 10.4. The van der Waals surface area contributed by atoms with Crippen LogP contribution in [0.2, 0.25) is 0 Å². The second-order valence-corrected chi connectivity index (χ2v) is 1.55. The molecule has 6 nitrogen and oxygen atoms in total. The molecule has 0 unspecified atom stereocenters. The summed E-state index contributed by atoms with van der Waals surface area (Å²) >= 11 is 0. The van der Waals surface area contributed by atoms with Gasteiger partial charge in [-0.2, -0.15) is 0 Å². The van der Waals surface area contributed by atoms with Gasteiger partial charge in [0.25, 0.3) is 5.91 Å². The normalized spacial score (nSPS) is 5.71. The van der Waals surface area contributed by atoms with Crippen LogP contribution in [-0.4, -0.2) is 17.0 Å². The van der Waals surface area contributed by atoms with Crippen molar-refractivity contribution in [1.82, 2.24) is 0 Å². The Morgan fingerprint density at radius 3 is 2.21 bits per heavy atom. The number of carboxylic acid groups (broad SMARTS) is 1. The average Bonchev–Trinajstić information content (AvgIpc) is 2.11. The molecule has 0 aromatic rings. The molecule has 0 aromatic heterocycles. The van der Waals surface area contributed by atoms with Crippen molar-refractivity contribution in [2.24, 2.45) is 5.11 Å². The summed E-state index contributed by atoms with van der Waals surface area (Å²) in [6, 6.07) is 0. The van der Waals surface area contributed by atoms with Crippen molar-refractivity contribution in [1.29, 1.82) is 0 Å². The Kier molecular flexibility index (Phi) is 5.42. The van der Waals surface area contributed by atoms with Crippen molar-refractivity contribution in [3.8, 4) is 35.5 Å². The molecule has 1 N–H and O–H groups in total. The number of nitrogens with zero attached hydrogens (tertiary/aromatic N) is 3. The molecule has 66 valence electrons. The number of aliphatic carboxylic acids is 1. The topological polar surface area (TPSA) is 103 Å². The fraction of sp³-hybridized carbons (Fsp3) is 0. The summed E-state index contributed by atoms with van der Waals surface area (Å²) in [6.07, 6.45) is 0. The first-order valence-electron chi connectivity index (χ1n) is 3.01. The van der Waals surface area contributed by atoms with Crippen molar-refractivity contribution in [2.75, 3.05) is 0 Å². The third-order valence-electron chi connectivity index (χ3n) is 0.662. The molecule has 0 spiro atoms. The Morgan fingerprint density at radius 1 is 1.14 bits per heavy atom. The molecule has 14 heavy (non-hydrogen) atoms. The fourth-order valence-corrected chi connectivity index (χ4v) is 0.298. The van der Waals surface area contributed by atoms with E-state index in [1.165, 1.54) is 0 Å². The van der Waals surface area contributed by atoms with Crippen LogP contribution in [-0.2, 0) is 9.59 Å². The lowest BCUT2D eigenvalue weighted by atomic mass is 10.5. The van der Waals surface area contributed by atoms with E-state index >= 15 is 0 Å². The lowest BCUT2D eigenvalue weighted by Crippen LogP contribution is -1.85. The van der Waals surface area contributed by atoms with Crippen molar-refractivity contribution in [3.63, 3.8) is 0 Å². The third-order valence-corrected chi connectivity index (χ3v) is 0.662. The quantitative estimate of drug-likeness (QED) is 0.248. The number of rotatable bonds is 0. The maximum absolute atomic E-state index is 10.4. The minimum Gasteiger partial charge on any atom is -0.472 e. The first kappa shape index (κ1) is 11.1. The number of azide groups is 1. The molecule has 0 aromatic carbocycles. The smallest absolute Gasteiger partial charge is 0.382 e. The van der Waals surface area contributed by atoms with Crippen molar-refractivity contribution >= 4 is 11.9 Å². The van der Waals surface area contributed by atoms with Gasteiger partial charge in [-0.15, -0.1) is 0 Å². The second kappa shape index (κ2) is 6.82. The number of carbonyl (C=O) groups is 2. The van der Waals surface area contributed by atoms with Crippen LogP contribution in [0.3, 0.4) is 0 Å². The molecule has 0 fully saturated rings. The van der Waals surface area contributed by atoms with Crippen LogP contribution >= 0.6 is 0 Å². The van der Waals surface area contributed by atoms with E-state index in [-0.39, 0.29) is 0 Å². The molecule has 0 aliphatic rings. The zero-order chi connectivity index (χ0) is 10.8. The molecular formula is C8HN3O3. The Balaban J connectivity index is 4.32. The zero-order valence-corrected chi connectivity index (χ0v) is 6.61. The van der Waals surface area contributed by atoms with Crippen LogP contribution in [0.1, 0.15) is 0 Å². The summed E-state index contributed by atoms with van der Waals surface area (Å²) in [5.74, 6) is 9.44. The lowest BCUT2D eigenvalue weighted by molar-refractivity contribution is -0.130.